The van der Waals surface area contributed by atoms with Gasteiger partial charge in [0.1, 0.15) is 6.10 Å². The van der Waals surface area contributed by atoms with Crippen molar-refractivity contribution in [3.8, 4) is 6.26 Å². The topological polar surface area (TPSA) is 33.0 Å². The second-order valence-electron chi connectivity index (χ2n) is 3.76. The van der Waals surface area contributed by atoms with Crippen LogP contribution in [-0.2, 0) is 4.74 Å². The molecule has 0 amide bonds. The minimum Gasteiger partial charge on any atom is -0.424 e. The summed E-state index contributed by atoms with van der Waals surface area (Å²) in [6, 6.07) is 0. The zero-order valence-electron chi connectivity index (χ0n) is 6.62. The zero-order chi connectivity index (χ0) is 7.68. The summed E-state index contributed by atoms with van der Waals surface area (Å²) in [5.74, 6) is 1.55. The third-order valence-corrected chi connectivity index (χ3v) is 3.19. The number of ether oxygens (including phenoxy) is 1. The Balaban J connectivity index is 1.98. The number of nitriles is 1. The molecule has 3 aliphatic carbocycles. The third kappa shape index (κ3) is 1.20. The molecule has 2 nitrogen and oxygen atoms in total. The lowest BCUT2D eigenvalue weighted by atomic mass is 9.69. The van der Waals surface area contributed by atoms with Crippen LogP contribution in [0.4, 0.5) is 0 Å². The van der Waals surface area contributed by atoms with E-state index < -0.39 is 0 Å². The molecule has 2 heteroatoms. The van der Waals surface area contributed by atoms with Gasteiger partial charge in [-0.3, -0.25) is 0 Å². The highest BCUT2D eigenvalue weighted by Crippen LogP contribution is 2.42. The van der Waals surface area contributed by atoms with Crippen molar-refractivity contribution < 1.29 is 4.74 Å². The molecule has 3 aliphatic rings. The molecule has 0 aromatic carbocycles. The second kappa shape index (κ2) is 2.73. The molecule has 11 heavy (non-hydrogen) atoms. The van der Waals surface area contributed by atoms with Crippen molar-refractivity contribution in [2.24, 2.45) is 11.8 Å². The first-order chi connectivity index (χ1) is 5.40. The number of hydrogen-bond donors (Lipinski definition) is 0. The Morgan fingerprint density at radius 3 is 2.36 bits per heavy atom. The van der Waals surface area contributed by atoms with E-state index in [4.69, 9.17) is 10.00 Å². The summed E-state index contributed by atoms with van der Waals surface area (Å²) >= 11 is 0. The number of rotatable bonds is 1. The molecule has 1 atom stereocenters. The van der Waals surface area contributed by atoms with Crippen LogP contribution in [0.5, 0.6) is 0 Å². The molecule has 1 unspecified atom stereocenters. The highest BCUT2D eigenvalue weighted by Gasteiger charge is 2.36. The van der Waals surface area contributed by atoms with Gasteiger partial charge in [-0.25, -0.2) is 0 Å². The van der Waals surface area contributed by atoms with Crippen LogP contribution < -0.4 is 0 Å². The Kier molecular flexibility index (Phi) is 1.73. The van der Waals surface area contributed by atoms with Gasteiger partial charge < -0.3 is 4.74 Å². The maximum absolute atomic E-state index is 8.37. The van der Waals surface area contributed by atoms with Gasteiger partial charge in [-0.1, -0.05) is 0 Å². The molecule has 0 heterocycles. The molecule has 2 bridgehead atoms. The van der Waals surface area contributed by atoms with E-state index >= 15 is 0 Å². The predicted octanol–water partition coefficient (Wildman–Crippen LogP) is 2.06. The Bertz CT molecular complexity index is 176. The summed E-state index contributed by atoms with van der Waals surface area (Å²) in [7, 11) is 0. The largest absolute Gasteiger partial charge is 0.424 e. The second-order valence-corrected chi connectivity index (χ2v) is 3.76. The standard InChI is InChI=1S/C9H13NO/c10-6-11-9-5-7-1-3-8(9)4-2-7/h7-9H,1-5H2. The van der Waals surface area contributed by atoms with Gasteiger partial charge in [0.15, 0.2) is 0 Å². The zero-order valence-corrected chi connectivity index (χ0v) is 6.62. The van der Waals surface area contributed by atoms with Crippen LogP contribution in [0.15, 0.2) is 0 Å². The van der Waals surface area contributed by atoms with Gasteiger partial charge in [0.05, 0.1) is 0 Å². The average Bonchev–Trinajstić information content (AvgIpc) is 2.07. The Morgan fingerprint density at radius 1 is 1.18 bits per heavy atom. The summed E-state index contributed by atoms with van der Waals surface area (Å²) in [6.07, 6.45) is 8.55. The van der Waals surface area contributed by atoms with Crippen molar-refractivity contribution in [1.82, 2.24) is 0 Å². The van der Waals surface area contributed by atoms with E-state index in [2.05, 4.69) is 0 Å². The predicted molar refractivity (Wildman–Crippen MR) is 40.6 cm³/mol. The summed E-state index contributed by atoms with van der Waals surface area (Å²) in [4.78, 5) is 0. The molecule has 3 saturated carbocycles. The third-order valence-electron chi connectivity index (χ3n) is 3.19. The van der Waals surface area contributed by atoms with Crippen molar-refractivity contribution in [3.05, 3.63) is 0 Å². The molecule has 3 fully saturated rings. The molecule has 0 aliphatic heterocycles. The van der Waals surface area contributed by atoms with E-state index in [-0.39, 0.29) is 6.10 Å². The summed E-state index contributed by atoms with van der Waals surface area (Å²) in [6.45, 7) is 0. The normalized spacial score (nSPS) is 41.5. The highest BCUT2D eigenvalue weighted by atomic mass is 16.5. The Hall–Kier alpha value is -0.710. The fourth-order valence-electron chi connectivity index (χ4n) is 2.53. The van der Waals surface area contributed by atoms with Crippen LogP contribution in [0.3, 0.4) is 0 Å². The molecule has 0 N–H and O–H groups in total. The van der Waals surface area contributed by atoms with E-state index in [1.165, 1.54) is 25.7 Å². The first-order valence-electron chi connectivity index (χ1n) is 4.45. The fourth-order valence-corrected chi connectivity index (χ4v) is 2.53. The maximum Gasteiger partial charge on any atom is 0.286 e. The van der Waals surface area contributed by atoms with Gasteiger partial charge in [-0.05, 0) is 43.9 Å². The van der Waals surface area contributed by atoms with Crippen LogP contribution in [0.1, 0.15) is 32.1 Å². The quantitative estimate of drug-likeness (QED) is 0.537. The summed E-state index contributed by atoms with van der Waals surface area (Å²) in [5, 5.41) is 8.37. The molecule has 3 rings (SSSR count). The molecular weight excluding hydrogens is 138 g/mol. The number of fused-ring (bicyclic) bond motifs is 3. The van der Waals surface area contributed by atoms with Crippen molar-refractivity contribution in [2.45, 2.75) is 38.2 Å². The van der Waals surface area contributed by atoms with Gasteiger partial charge in [0, 0.05) is 0 Å². The van der Waals surface area contributed by atoms with Crippen LogP contribution in [-0.4, -0.2) is 6.10 Å². The van der Waals surface area contributed by atoms with Crippen LogP contribution in [0.2, 0.25) is 0 Å². The maximum atomic E-state index is 8.37. The molecular formula is C9H13NO. The van der Waals surface area contributed by atoms with Gasteiger partial charge in [-0.2, -0.15) is 5.26 Å². The lowest BCUT2D eigenvalue weighted by Gasteiger charge is -2.40. The molecule has 0 spiro atoms. The lowest BCUT2D eigenvalue weighted by molar-refractivity contribution is -0.000201. The lowest BCUT2D eigenvalue weighted by Crippen LogP contribution is -2.36. The van der Waals surface area contributed by atoms with E-state index in [0.717, 1.165) is 12.3 Å². The van der Waals surface area contributed by atoms with Crippen LogP contribution in [0.25, 0.3) is 0 Å². The Morgan fingerprint density at radius 2 is 1.91 bits per heavy atom. The minimum atomic E-state index is 0.271. The first-order valence-corrected chi connectivity index (χ1v) is 4.45. The molecule has 0 aromatic heterocycles. The molecule has 60 valence electrons. The van der Waals surface area contributed by atoms with Crippen molar-refractivity contribution in [1.29, 1.82) is 5.26 Å². The first kappa shape index (κ1) is 6.97. The van der Waals surface area contributed by atoms with Gasteiger partial charge in [0.2, 0.25) is 0 Å². The summed E-state index contributed by atoms with van der Waals surface area (Å²) in [5.41, 5.74) is 0. The van der Waals surface area contributed by atoms with Gasteiger partial charge in [0.25, 0.3) is 6.26 Å². The SMILES string of the molecule is N#COC1CC2CCC1CC2. The van der Waals surface area contributed by atoms with Crippen LogP contribution >= 0.6 is 0 Å². The Labute approximate surface area is 67.2 Å². The average molecular weight is 151 g/mol. The highest BCUT2D eigenvalue weighted by molar-refractivity contribution is 4.88. The minimum absolute atomic E-state index is 0.271. The van der Waals surface area contributed by atoms with E-state index in [9.17, 15) is 0 Å². The van der Waals surface area contributed by atoms with Crippen molar-refractivity contribution >= 4 is 0 Å². The molecule has 0 aromatic rings. The number of hydrogen-bond acceptors (Lipinski definition) is 2. The molecule has 0 saturated heterocycles. The number of nitrogens with zero attached hydrogens (tertiary/aromatic N) is 1. The van der Waals surface area contributed by atoms with Gasteiger partial charge in [-0.15, -0.1) is 0 Å². The van der Waals surface area contributed by atoms with E-state index in [0.29, 0.717) is 5.92 Å². The van der Waals surface area contributed by atoms with E-state index in [1.54, 1.807) is 0 Å². The fraction of sp³-hybridized carbons (Fsp3) is 0.889. The van der Waals surface area contributed by atoms with Crippen molar-refractivity contribution in [2.75, 3.05) is 0 Å². The smallest absolute Gasteiger partial charge is 0.286 e. The van der Waals surface area contributed by atoms with Crippen LogP contribution in [0, 0.1) is 23.4 Å². The monoisotopic (exact) mass is 151 g/mol. The van der Waals surface area contributed by atoms with E-state index in [1.807, 2.05) is 6.26 Å². The molecule has 0 radical (unpaired) electrons. The van der Waals surface area contributed by atoms with Gasteiger partial charge >= 0.3 is 0 Å². The summed E-state index contributed by atoms with van der Waals surface area (Å²) < 4.78 is 5.02. The van der Waals surface area contributed by atoms with Crippen molar-refractivity contribution in [3.63, 3.8) is 0 Å².